The highest BCUT2D eigenvalue weighted by Gasteiger charge is 2.46. The normalized spacial score (nSPS) is 21.2. The summed E-state index contributed by atoms with van der Waals surface area (Å²) < 4.78 is 0. The van der Waals surface area contributed by atoms with Crippen LogP contribution in [0, 0.1) is 31.1 Å². The number of thioether (sulfide) groups is 1. The van der Waals surface area contributed by atoms with Gasteiger partial charge in [0.25, 0.3) is 0 Å². The Morgan fingerprint density at radius 1 is 1.38 bits per heavy atom. The van der Waals surface area contributed by atoms with E-state index in [1.165, 1.54) is 25.7 Å². The van der Waals surface area contributed by atoms with E-state index in [1.807, 2.05) is 31.7 Å². The summed E-state index contributed by atoms with van der Waals surface area (Å²) in [6.45, 7) is 9.46. The maximum absolute atomic E-state index is 9.22. The van der Waals surface area contributed by atoms with Crippen LogP contribution in [-0.2, 0) is 0 Å². The first-order chi connectivity index (χ1) is 11.4. The molecule has 1 saturated heterocycles. The predicted molar refractivity (Wildman–Crippen MR) is 101 cm³/mol. The molecule has 24 heavy (non-hydrogen) atoms. The van der Waals surface area contributed by atoms with Crippen molar-refractivity contribution in [3.8, 4) is 6.07 Å². The van der Waals surface area contributed by atoms with E-state index in [9.17, 15) is 5.26 Å². The maximum Gasteiger partial charge on any atom is 0.166 e. The van der Waals surface area contributed by atoms with Crippen LogP contribution in [0.3, 0.4) is 0 Å². The van der Waals surface area contributed by atoms with Gasteiger partial charge in [-0.2, -0.15) is 5.26 Å². The zero-order valence-corrected chi connectivity index (χ0v) is 15.9. The topological polar surface area (TPSA) is 52.3 Å². The van der Waals surface area contributed by atoms with E-state index < -0.39 is 0 Å². The van der Waals surface area contributed by atoms with Gasteiger partial charge in [0.15, 0.2) is 11.0 Å². The SMILES string of the molecule is Cc1cc(/N=C2/SCC3(CCCC3)N2CC(C)C)nc(C)c1C#N. The molecule has 4 nitrogen and oxygen atoms in total. The monoisotopic (exact) mass is 342 g/mol. The molecule has 0 bridgehead atoms. The van der Waals surface area contributed by atoms with Crippen molar-refractivity contribution in [3.05, 3.63) is 22.9 Å². The third-order valence-electron chi connectivity index (χ3n) is 5.06. The van der Waals surface area contributed by atoms with Crippen LogP contribution in [0.5, 0.6) is 0 Å². The summed E-state index contributed by atoms with van der Waals surface area (Å²) in [6, 6.07) is 4.17. The van der Waals surface area contributed by atoms with Crippen molar-refractivity contribution < 1.29 is 0 Å². The van der Waals surface area contributed by atoms with E-state index >= 15 is 0 Å². The molecule has 1 saturated carbocycles. The highest BCUT2D eigenvalue weighted by Crippen LogP contribution is 2.45. The summed E-state index contributed by atoms with van der Waals surface area (Å²) in [4.78, 5) is 12.0. The number of hydrogen-bond donors (Lipinski definition) is 0. The number of amidine groups is 1. The average molecular weight is 343 g/mol. The van der Waals surface area contributed by atoms with E-state index in [0.717, 1.165) is 34.5 Å². The van der Waals surface area contributed by atoms with Crippen LogP contribution in [0.1, 0.15) is 56.4 Å². The van der Waals surface area contributed by atoms with Gasteiger partial charge < -0.3 is 4.90 Å². The van der Waals surface area contributed by atoms with Gasteiger partial charge >= 0.3 is 0 Å². The molecule has 5 heteroatoms. The quantitative estimate of drug-likeness (QED) is 0.807. The number of rotatable bonds is 3. The minimum absolute atomic E-state index is 0.310. The number of aromatic nitrogens is 1. The maximum atomic E-state index is 9.22. The lowest BCUT2D eigenvalue weighted by Crippen LogP contribution is -2.47. The Morgan fingerprint density at radius 3 is 2.67 bits per heavy atom. The number of aliphatic imine (C=N–C) groups is 1. The van der Waals surface area contributed by atoms with Gasteiger partial charge in [0.1, 0.15) is 6.07 Å². The second-order valence-corrected chi connectivity index (χ2v) is 8.43. The van der Waals surface area contributed by atoms with Gasteiger partial charge in [-0.25, -0.2) is 9.98 Å². The molecule has 3 rings (SSSR count). The lowest BCUT2D eigenvalue weighted by molar-refractivity contribution is 0.198. The Balaban J connectivity index is 1.95. The molecule has 0 radical (unpaired) electrons. The molecule has 1 aliphatic carbocycles. The van der Waals surface area contributed by atoms with Gasteiger partial charge in [0.05, 0.1) is 16.8 Å². The van der Waals surface area contributed by atoms with Gasteiger partial charge in [-0.15, -0.1) is 0 Å². The fourth-order valence-corrected chi connectivity index (χ4v) is 5.29. The first-order valence-electron chi connectivity index (χ1n) is 8.83. The highest BCUT2D eigenvalue weighted by molar-refractivity contribution is 8.14. The van der Waals surface area contributed by atoms with Crippen LogP contribution in [0.25, 0.3) is 0 Å². The number of pyridine rings is 1. The van der Waals surface area contributed by atoms with Gasteiger partial charge in [0.2, 0.25) is 0 Å². The molecule has 0 aromatic carbocycles. The molecule has 1 aromatic heterocycles. The molecular weight excluding hydrogens is 316 g/mol. The molecule has 128 valence electrons. The van der Waals surface area contributed by atoms with E-state index in [-0.39, 0.29) is 0 Å². The first kappa shape index (κ1) is 17.3. The van der Waals surface area contributed by atoms with Crippen molar-refractivity contribution in [2.75, 3.05) is 12.3 Å². The fourth-order valence-electron chi connectivity index (χ4n) is 3.87. The number of nitrogens with zero attached hydrogens (tertiary/aromatic N) is 4. The minimum Gasteiger partial charge on any atom is -0.344 e. The molecule has 1 aromatic rings. The van der Waals surface area contributed by atoms with Gasteiger partial charge in [-0.05, 0) is 44.2 Å². The van der Waals surface area contributed by atoms with Crippen LogP contribution in [-0.4, -0.2) is 32.9 Å². The molecule has 2 heterocycles. The summed E-state index contributed by atoms with van der Waals surface area (Å²) in [5.74, 6) is 2.49. The Kier molecular flexibility index (Phi) is 4.87. The van der Waals surface area contributed by atoms with Crippen molar-refractivity contribution in [2.45, 2.75) is 58.9 Å². The number of nitriles is 1. The standard InChI is InChI=1S/C19H26N4S/c1-13(2)11-23-18(24-12-19(23)7-5-6-8-19)22-17-9-14(3)16(10-20)15(4)21-17/h9,13H,5-8,11-12H2,1-4H3/b22-18+. The summed E-state index contributed by atoms with van der Waals surface area (Å²) >= 11 is 1.88. The molecular formula is C19H26N4S. The fraction of sp³-hybridized carbons (Fsp3) is 0.632. The van der Waals surface area contributed by atoms with Gasteiger partial charge in [-0.1, -0.05) is 38.5 Å². The average Bonchev–Trinajstić information content (AvgIpc) is 3.10. The van der Waals surface area contributed by atoms with Crippen molar-refractivity contribution in [2.24, 2.45) is 10.9 Å². The van der Waals surface area contributed by atoms with E-state index in [0.29, 0.717) is 17.0 Å². The zero-order valence-electron chi connectivity index (χ0n) is 15.1. The van der Waals surface area contributed by atoms with Crippen molar-refractivity contribution >= 4 is 22.7 Å². The lowest BCUT2D eigenvalue weighted by atomic mass is 9.97. The minimum atomic E-state index is 0.310. The smallest absolute Gasteiger partial charge is 0.166 e. The zero-order chi connectivity index (χ0) is 17.3. The number of aryl methyl sites for hydroxylation is 2. The van der Waals surface area contributed by atoms with Crippen molar-refractivity contribution in [1.29, 1.82) is 5.26 Å². The Bertz CT molecular complexity index is 673. The van der Waals surface area contributed by atoms with Crippen LogP contribution >= 0.6 is 11.8 Å². The van der Waals surface area contributed by atoms with Crippen LogP contribution in [0.4, 0.5) is 5.82 Å². The summed E-state index contributed by atoms with van der Waals surface area (Å²) in [6.07, 6.45) is 5.22. The summed E-state index contributed by atoms with van der Waals surface area (Å²) in [5, 5.41) is 10.3. The Morgan fingerprint density at radius 2 is 2.08 bits per heavy atom. The second kappa shape index (κ2) is 6.76. The van der Waals surface area contributed by atoms with Gasteiger partial charge in [0, 0.05) is 12.3 Å². The summed E-state index contributed by atoms with van der Waals surface area (Å²) in [5.41, 5.74) is 2.71. The van der Waals surface area contributed by atoms with E-state index in [4.69, 9.17) is 4.99 Å². The lowest BCUT2D eigenvalue weighted by Gasteiger charge is -2.36. The molecule has 2 aliphatic rings. The van der Waals surface area contributed by atoms with Crippen LogP contribution < -0.4 is 0 Å². The molecule has 2 fully saturated rings. The molecule has 0 N–H and O–H groups in total. The van der Waals surface area contributed by atoms with Gasteiger partial charge in [-0.3, -0.25) is 0 Å². The molecule has 1 spiro atoms. The molecule has 0 atom stereocenters. The third-order valence-corrected chi connectivity index (χ3v) is 6.31. The molecule has 1 aliphatic heterocycles. The van der Waals surface area contributed by atoms with Crippen molar-refractivity contribution in [1.82, 2.24) is 9.88 Å². The molecule has 0 unspecified atom stereocenters. The largest absolute Gasteiger partial charge is 0.344 e. The molecule has 0 amide bonds. The van der Waals surface area contributed by atoms with Crippen molar-refractivity contribution in [3.63, 3.8) is 0 Å². The van der Waals surface area contributed by atoms with E-state index in [1.54, 1.807) is 0 Å². The second-order valence-electron chi connectivity index (χ2n) is 7.49. The van der Waals surface area contributed by atoms with Crippen LogP contribution in [0.15, 0.2) is 11.1 Å². The van der Waals surface area contributed by atoms with Crippen LogP contribution in [0.2, 0.25) is 0 Å². The summed E-state index contributed by atoms with van der Waals surface area (Å²) in [7, 11) is 0. The first-order valence-corrected chi connectivity index (χ1v) is 9.81. The number of hydrogen-bond acceptors (Lipinski definition) is 4. The van der Waals surface area contributed by atoms with E-state index in [2.05, 4.69) is 29.8 Å². The Labute approximate surface area is 149 Å². The third kappa shape index (κ3) is 3.17. The highest BCUT2D eigenvalue weighted by atomic mass is 32.2. The Hall–Kier alpha value is -1.54. The predicted octanol–water partition coefficient (Wildman–Crippen LogP) is 4.58.